The highest BCUT2D eigenvalue weighted by Crippen LogP contribution is 2.53. The average Bonchev–Trinajstić information content (AvgIpc) is 3.05. The number of benzene rings is 1. The number of carbonyl (C=O) groups is 2. The van der Waals surface area contributed by atoms with Crippen LogP contribution in [0.15, 0.2) is 12.1 Å². The van der Waals surface area contributed by atoms with Crippen LogP contribution in [0.4, 0.5) is 4.79 Å². The Morgan fingerprint density at radius 3 is 2.83 bits per heavy atom. The average molecular weight is 356 g/mol. The lowest BCUT2D eigenvalue weighted by atomic mass is 9.94. The predicted molar refractivity (Wildman–Crippen MR) is 88.1 cm³/mol. The molecule has 0 radical (unpaired) electrons. The molecule has 1 fully saturated rings. The molecule has 1 amide bonds. The lowest BCUT2D eigenvalue weighted by Crippen LogP contribution is -2.37. The van der Waals surface area contributed by atoms with Crippen LogP contribution < -0.4 is 5.32 Å². The van der Waals surface area contributed by atoms with Crippen molar-refractivity contribution in [1.29, 1.82) is 0 Å². The summed E-state index contributed by atoms with van der Waals surface area (Å²) in [6, 6.07) is 2.88. The number of hydrogen-bond donors (Lipinski definition) is 4. The second kappa shape index (κ2) is 6.25. The van der Waals surface area contributed by atoms with E-state index >= 15 is 0 Å². The SMILES string of the molecule is Cc1c(C(CNC(=O)O)N2CCCS2(O)O)ccc2c1COC2=O. The van der Waals surface area contributed by atoms with E-state index in [-0.39, 0.29) is 24.9 Å². The fourth-order valence-electron chi connectivity index (χ4n) is 3.32. The van der Waals surface area contributed by atoms with Gasteiger partial charge in [-0.05, 0) is 30.5 Å². The highest BCUT2D eigenvalue weighted by Gasteiger charge is 2.37. The van der Waals surface area contributed by atoms with Gasteiger partial charge >= 0.3 is 12.1 Å². The number of nitrogens with zero attached hydrogens (tertiary/aromatic N) is 1. The summed E-state index contributed by atoms with van der Waals surface area (Å²) in [6.07, 6.45) is -0.537. The van der Waals surface area contributed by atoms with Crippen LogP contribution in [0.5, 0.6) is 0 Å². The van der Waals surface area contributed by atoms with E-state index in [4.69, 9.17) is 9.84 Å². The molecular weight excluding hydrogens is 336 g/mol. The quantitative estimate of drug-likeness (QED) is 0.611. The largest absolute Gasteiger partial charge is 0.465 e. The van der Waals surface area contributed by atoms with Gasteiger partial charge in [0.15, 0.2) is 0 Å². The molecule has 0 aromatic heterocycles. The third-order valence-corrected chi connectivity index (χ3v) is 6.56. The molecular formula is C15H20N2O6S. The third kappa shape index (κ3) is 2.95. The summed E-state index contributed by atoms with van der Waals surface area (Å²) in [5.74, 6) is -0.0902. The Bertz CT molecular complexity index is 693. The van der Waals surface area contributed by atoms with Crippen LogP contribution in [0, 0.1) is 6.92 Å². The number of rotatable bonds is 4. The molecule has 1 atom stereocenters. The summed E-state index contributed by atoms with van der Waals surface area (Å²) in [4.78, 5) is 22.6. The van der Waals surface area contributed by atoms with Crippen molar-refractivity contribution >= 4 is 22.8 Å². The molecule has 132 valence electrons. The molecule has 24 heavy (non-hydrogen) atoms. The summed E-state index contributed by atoms with van der Waals surface area (Å²) in [6.45, 7) is 2.52. The maximum atomic E-state index is 11.7. The minimum atomic E-state index is -2.92. The molecule has 2 aliphatic heterocycles. The first-order valence-corrected chi connectivity index (χ1v) is 9.27. The summed E-state index contributed by atoms with van der Waals surface area (Å²) in [5.41, 5.74) is 2.86. The van der Waals surface area contributed by atoms with Crippen molar-refractivity contribution in [3.05, 3.63) is 34.4 Å². The molecule has 0 spiro atoms. The minimum Gasteiger partial charge on any atom is -0.465 e. The van der Waals surface area contributed by atoms with E-state index in [0.717, 1.165) is 16.7 Å². The number of cyclic esters (lactones) is 1. The molecule has 3 rings (SSSR count). The smallest absolute Gasteiger partial charge is 0.404 e. The number of amides is 1. The molecule has 0 aliphatic carbocycles. The molecule has 0 saturated carbocycles. The number of fused-ring (bicyclic) bond motifs is 1. The number of esters is 1. The van der Waals surface area contributed by atoms with Gasteiger partial charge in [-0.25, -0.2) is 9.59 Å². The van der Waals surface area contributed by atoms with Gasteiger partial charge in [0.25, 0.3) is 0 Å². The van der Waals surface area contributed by atoms with Gasteiger partial charge in [-0.1, -0.05) is 6.07 Å². The molecule has 2 aliphatic rings. The van der Waals surface area contributed by atoms with Crippen molar-refractivity contribution in [3.63, 3.8) is 0 Å². The monoisotopic (exact) mass is 356 g/mol. The van der Waals surface area contributed by atoms with E-state index in [1.807, 2.05) is 6.92 Å². The predicted octanol–water partition coefficient (Wildman–Crippen LogP) is 2.35. The zero-order valence-electron chi connectivity index (χ0n) is 13.2. The molecule has 0 bridgehead atoms. The maximum absolute atomic E-state index is 11.7. The molecule has 4 N–H and O–H groups in total. The first kappa shape index (κ1) is 17.0. The van der Waals surface area contributed by atoms with E-state index in [9.17, 15) is 18.7 Å². The van der Waals surface area contributed by atoms with Gasteiger partial charge in [0.05, 0.1) is 17.4 Å². The van der Waals surface area contributed by atoms with Crippen LogP contribution in [-0.2, 0) is 11.3 Å². The van der Waals surface area contributed by atoms with E-state index in [1.54, 1.807) is 16.4 Å². The Morgan fingerprint density at radius 1 is 1.46 bits per heavy atom. The second-order valence-corrected chi connectivity index (χ2v) is 8.06. The Morgan fingerprint density at radius 2 is 2.21 bits per heavy atom. The first-order chi connectivity index (χ1) is 11.3. The Balaban J connectivity index is 2.00. The summed E-state index contributed by atoms with van der Waals surface area (Å²) in [5, 5.41) is 11.3. The third-order valence-electron chi connectivity index (χ3n) is 4.53. The number of carbonyl (C=O) groups excluding carboxylic acids is 1. The Hall–Kier alpha value is -1.81. The van der Waals surface area contributed by atoms with Crippen molar-refractivity contribution in [2.75, 3.05) is 18.8 Å². The van der Waals surface area contributed by atoms with Crippen molar-refractivity contribution in [2.24, 2.45) is 0 Å². The highest BCUT2D eigenvalue weighted by molar-refractivity contribution is 8.22. The zero-order valence-corrected chi connectivity index (χ0v) is 14.0. The van der Waals surface area contributed by atoms with Gasteiger partial charge in [0, 0.05) is 18.7 Å². The van der Waals surface area contributed by atoms with Gasteiger partial charge in [0.1, 0.15) is 6.61 Å². The van der Waals surface area contributed by atoms with Crippen LogP contribution >= 0.6 is 10.8 Å². The Kier molecular flexibility index (Phi) is 4.43. The number of carboxylic acid groups (broad SMARTS) is 1. The summed E-state index contributed by atoms with van der Waals surface area (Å²) in [7, 11) is -2.92. The van der Waals surface area contributed by atoms with Gasteiger partial charge in [-0.15, -0.1) is 10.8 Å². The highest BCUT2D eigenvalue weighted by atomic mass is 32.3. The standard InChI is InChI=1S/C15H20N2O6S/c1-9-10(3-4-11-12(9)8-23-14(11)18)13(7-16-15(19)20)17-5-2-6-24(17,21)22/h3-4,13,16,21-22H,2,5-8H2,1H3,(H,19,20). The first-order valence-electron chi connectivity index (χ1n) is 7.60. The normalized spacial score (nSPS) is 21.9. The zero-order chi connectivity index (χ0) is 17.5. The molecule has 8 nitrogen and oxygen atoms in total. The van der Waals surface area contributed by atoms with Crippen molar-refractivity contribution in [2.45, 2.75) is 26.0 Å². The molecule has 2 heterocycles. The van der Waals surface area contributed by atoms with E-state index in [0.29, 0.717) is 18.5 Å². The molecule has 1 aromatic rings. The maximum Gasteiger partial charge on any atom is 0.404 e. The number of nitrogens with one attached hydrogen (secondary N) is 1. The van der Waals surface area contributed by atoms with Crippen molar-refractivity contribution < 1.29 is 28.5 Å². The van der Waals surface area contributed by atoms with Crippen LogP contribution in [0.2, 0.25) is 0 Å². The fourth-order valence-corrected chi connectivity index (χ4v) is 5.08. The van der Waals surface area contributed by atoms with Gasteiger partial charge < -0.3 is 15.2 Å². The Labute approximate surface area is 140 Å². The molecule has 9 heteroatoms. The lowest BCUT2D eigenvalue weighted by Gasteiger charge is -2.42. The van der Waals surface area contributed by atoms with Crippen LogP contribution in [-0.4, -0.2) is 49.4 Å². The molecule has 1 aromatic carbocycles. The van der Waals surface area contributed by atoms with Crippen molar-refractivity contribution in [3.8, 4) is 0 Å². The van der Waals surface area contributed by atoms with E-state index in [1.165, 1.54) is 0 Å². The van der Waals surface area contributed by atoms with Gasteiger partial charge in [-0.2, -0.15) is 4.31 Å². The van der Waals surface area contributed by atoms with Gasteiger partial charge in [-0.3, -0.25) is 9.11 Å². The summed E-state index contributed by atoms with van der Waals surface area (Å²) < 4.78 is 27.2. The molecule has 1 saturated heterocycles. The van der Waals surface area contributed by atoms with E-state index in [2.05, 4.69) is 5.32 Å². The number of ether oxygens (including phenoxy) is 1. The number of hydrogen-bond acceptors (Lipinski definition) is 6. The topological polar surface area (TPSA) is 119 Å². The molecule has 1 unspecified atom stereocenters. The second-order valence-electron chi connectivity index (χ2n) is 5.91. The lowest BCUT2D eigenvalue weighted by molar-refractivity contribution is 0.0535. The van der Waals surface area contributed by atoms with Crippen LogP contribution in [0.1, 0.15) is 39.5 Å². The van der Waals surface area contributed by atoms with Crippen LogP contribution in [0.3, 0.4) is 0 Å². The minimum absolute atomic E-state index is 0.0274. The van der Waals surface area contributed by atoms with E-state index < -0.39 is 22.9 Å². The van der Waals surface area contributed by atoms with Crippen LogP contribution in [0.25, 0.3) is 0 Å². The van der Waals surface area contributed by atoms with Gasteiger partial charge in [0.2, 0.25) is 0 Å². The fraction of sp³-hybridized carbons (Fsp3) is 0.467. The van der Waals surface area contributed by atoms with Crippen molar-refractivity contribution in [1.82, 2.24) is 9.62 Å². The summed E-state index contributed by atoms with van der Waals surface area (Å²) >= 11 is 0.